The summed E-state index contributed by atoms with van der Waals surface area (Å²) in [6, 6.07) is 4.99. The third-order valence-electron chi connectivity index (χ3n) is 7.07. The van der Waals surface area contributed by atoms with Crippen molar-refractivity contribution in [3.8, 4) is 28.7 Å². The summed E-state index contributed by atoms with van der Waals surface area (Å²) in [5.74, 6) is -0.628. The van der Waals surface area contributed by atoms with E-state index in [2.05, 4.69) is 0 Å². The zero-order valence-corrected chi connectivity index (χ0v) is 22.7. The normalized spacial score (nSPS) is 20.2. The Morgan fingerprint density at radius 2 is 1.64 bits per heavy atom. The molecule has 9 heteroatoms. The lowest BCUT2D eigenvalue weighted by atomic mass is 9.83. The van der Waals surface area contributed by atoms with Crippen LogP contribution in [-0.2, 0) is 14.3 Å². The van der Waals surface area contributed by atoms with E-state index in [1.807, 2.05) is 6.08 Å². The summed E-state index contributed by atoms with van der Waals surface area (Å²) >= 11 is 0. The van der Waals surface area contributed by atoms with Crippen molar-refractivity contribution in [1.29, 1.82) is 0 Å². The fourth-order valence-corrected chi connectivity index (χ4v) is 5.11. The topological polar surface area (TPSA) is 118 Å². The molecule has 0 aliphatic carbocycles. The highest BCUT2D eigenvalue weighted by Gasteiger charge is 2.36. The number of fused-ring (bicyclic) bond motifs is 2. The third-order valence-corrected chi connectivity index (χ3v) is 7.07. The molecule has 0 amide bonds. The van der Waals surface area contributed by atoms with Gasteiger partial charge in [0.1, 0.15) is 22.8 Å². The summed E-state index contributed by atoms with van der Waals surface area (Å²) in [6.45, 7) is 1.76. The second kappa shape index (κ2) is 12.2. The van der Waals surface area contributed by atoms with Crippen LogP contribution in [0.3, 0.4) is 0 Å². The summed E-state index contributed by atoms with van der Waals surface area (Å²) < 4.78 is 27.6. The fraction of sp³-hybridized carbons (Fsp3) is 0.433. The number of Topliss-reactive ketones (excluding diaryl/α,β-unsaturated/α-hetero) is 1. The summed E-state index contributed by atoms with van der Waals surface area (Å²) in [5.41, 5.74) is 1.28. The van der Waals surface area contributed by atoms with Crippen LogP contribution in [0, 0.1) is 0 Å². The van der Waals surface area contributed by atoms with Crippen LogP contribution in [0.15, 0.2) is 24.3 Å². The molecule has 9 nitrogen and oxygen atoms in total. The van der Waals surface area contributed by atoms with Crippen LogP contribution in [0.2, 0.25) is 0 Å². The average Bonchev–Trinajstić information content (AvgIpc) is 2.90. The highest BCUT2D eigenvalue weighted by atomic mass is 16.5. The van der Waals surface area contributed by atoms with E-state index in [1.54, 1.807) is 31.2 Å². The van der Waals surface area contributed by atoms with Gasteiger partial charge in [0, 0.05) is 24.3 Å². The van der Waals surface area contributed by atoms with Crippen molar-refractivity contribution < 1.29 is 43.2 Å². The first-order valence-corrected chi connectivity index (χ1v) is 13.1. The first kappa shape index (κ1) is 28.0. The molecular weight excluding hydrogens is 504 g/mol. The standard InChI is InChI=1S/C30H34O9/c1-17-9-8-12-20(31)11-7-5-6-10-18-13-22-27(28(33)26(18)30(34)38-17)21(16-25(32)39-22)19-14-23(35-2)29(37-4)24(15-19)36-3/h6,10,13-15,17,21,33H,5,7-9,11-12,16H2,1-4H3/t17-,21?/m0/s1. The number of allylic oxidation sites excluding steroid dienone is 1. The number of esters is 2. The molecule has 2 aromatic carbocycles. The smallest absolute Gasteiger partial charge is 0.342 e. The second-order valence-corrected chi connectivity index (χ2v) is 9.73. The molecule has 2 aliphatic heterocycles. The summed E-state index contributed by atoms with van der Waals surface area (Å²) in [7, 11) is 4.47. The van der Waals surface area contributed by atoms with Crippen LogP contribution in [0.1, 0.15) is 84.8 Å². The van der Waals surface area contributed by atoms with Crippen LogP contribution in [0.5, 0.6) is 28.7 Å². The minimum absolute atomic E-state index is 0.000349. The first-order valence-electron chi connectivity index (χ1n) is 13.1. The summed E-state index contributed by atoms with van der Waals surface area (Å²) in [4.78, 5) is 38.2. The second-order valence-electron chi connectivity index (χ2n) is 9.73. The monoisotopic (exact) mass is 538 g/mol. The van der Waals surface area contributed by atoms with Crippen LogP contribution in [0.4, 0.5) is 0 Å². The van der Waals surface area contributed by atoms with Crippen LogP contribution >= 0.6 is 0 Å². The van der Waals surface area contributed by atoms with Gasteiger partial charge in [0.15, 0.2) is 11.5 Å². The molecule has 2 heterocycles. The van der Waals surface area contributed by atoms with Gasteiger partial charge < -0.3 is 28.8 Å². The van der Waals surface area contributed by atoms with Crippen molar-refractivity contribution in [3.63, 3.8) is 0 Å². The lowest BCUT2D eigenvalue weighted by Gasteiger charge is -2.28. The van der Waals surface area contributed by atoms with E-state index in [9.17, 15) is 19.5 Å². The Balaban J connectivity index is 1.86. The van der Waals surface area contributed by atoms with Gasteiger partial charge in [-0.3, -0.25) is 9.59 Å². The van der Waals surface area contributed by atoms with Crippen molar-refractivity contribution in [1.82, 2.24) is 0 Å². The van der Waals surface area contributed by atoms with Gasteiger partial charge in [-0.2, -0.15) is 0 Å². The predicted octanol–water partition coefficient (Wildman–Crippen LogP) is 5.34. The number of ketones is 1. The van der Waals surface area contributed by atoms with E-state index in [0.717, 1.165) is 0 Å². The molecule has 1 N–H and O–H groups in total. The minimum Gasteiger partial charge on any atom is -0.507 e. The fourth-order valence-electron chi connectivity index (χ4n) is 5.11. The minimum atomic E-state index is -0.689. The maximum atomic E-state index is 13.4. The molecule has 1 unspecified atom stereocenters. The van der Waals surface area contributed by atoms with E-state index in [4.69, 9.17) is 23.7 Å². The predicted molar refractivity (Wildman–Crippen MR) is 143 cm³/mol. The Kier molecular flexibility index (Phi) is 8.79. The number of carbonyl (C=O) groups is 3. The maximum absolute atomic E-state index is 13.4. The molecule has 4 rings (SSSR count). The van der Waals surface area contributed by atoms with Gasteiger partial charge >= 0.3 is 11.9 Å². The summed E-state index contributed by atoms with van der Waals surface area (Å²) in [6.07, 6.45) is 6.36. The molecular formula is C30H34O9. The molecule has 2 aliphatic rings. The number of benzene rings is 2. The molecule has 0 saturated heterocycles. The molecule has 2 aromatic rings. The van der Waals surface area contributed by atoms with E-state index in [0.29, 0.717) is 72.5 Å². The Bertz CT molecular complexity index is 1270. The zero-order valence-electron chi connectivity index (χ0n) is 22.7. The van der Waals surface area contributed by atoms with Gasteiger partial charge in [-0.25, -0.2) is 4.79 Å². The molecule has 208 valence electrons. The SMILES string of the molecule is COc1cc(C2CC(=O)Oc3cc4c(c(O)c32)C(=O)O[C@@H](C)CCCC(=O)CCCC=C4)cc(OC)c1OC. The Morgan fingerprint density at radius 1 is 0.949 bits per heavy atom. The molecule has 0 spiro atoms. The van der Waals surface area contributed by atoms with Gasteiger partial charge in [0.2, 0.25) is 5.75 Å². The first-order chi connectivity index (χ1) is 18.8. The van der Waals surface area contributed by atoms with E-state index in [-0.39, 0.29) is 29.3 Å². The Hall–Kier alpha value is -4.01. The number of hydrogen-bond donors (Lipinski definition) is 1. The highest BCUT2D eigenvalue weighted by Crippen LogP contribution is 2.49. The number of phenols is 1. The molecule has 0 radical (unpaired) electrons. The Morgan fingerprint density at radius 3 is 2.31 bits per heavy atom. The molecule has 39 heavy (non-hydrogen) atoms. The number of hydrogen-bond acceptors (Lipinski definition) is 9. The molecule has 0 bridgehead atoms. The van der Waals surface area contributed by atoms with Crippen LogP contribution in [-0.4, -0.2) is 50.3 Å². The van der Waals surface area contributed by atoms with Gasteiger partial charge in [-0.1, -0.05) is 12.2 Å². The van der Waals surface area contributed by atoms with Crippen LogP contribution in [0.25, 0.3) is 6.08 Å². The molecule has 0 fully saturated rings. The number of rotatable bonds is 4. The maximum Gasteiger partial charge on any atom is 0.342 e. The number of phenolic OH excluding ortho intramolecular Hbond substituents is 1. The Labute approximate surface area is 227 Å². The number of ether oxygens (including phenoxy) is 5. The van der Waals surface area contributed by atoms with Crippen molar-refractivity contribution in [3.05, 3.63) is 46.5 Å². The van der Waals surface area contributed by atoms with E-state index >= 15 is 0 Å². The van der Waals surface area contributed by atoms with Gasteiger partial charge in [0.25, 0.3) is 0 Å². The lowest BCUT2D eigenvalue weighted by molar-refractivity contribution is -0.135. The quantitative estimate of drug-likeness (QED) is 0.406. The highest BCUT2D eigenvalue weighted by molar-refractivity contribution is 5.98. The van der Waals surface area contributed by atoms with Crippen molar-refractivity contribution in [2.24, 2.45) is 0 Å². The van der Waals surface area contributed by atoms with Gasteiger partial charge in [0.05, 0.1) is 33.9 Å². The molecule has 0 saturated carbocycles. The van der Waals surface area contributed by atoms with Gasteiger partial charge in [-0.15, -0.1) is 0 Å². The number of carbonyl (C=O) groups excluding carboxylic acids is 3. The summed E-state index contributed by atoms with van der Waals surface area (Å²) in [5, 5.41) is 11.6. The van der Waals surface area contributed by atoms with Crippen molar-refractivity contribution in [2.75, 3.05) is 21.3 Å². The average molecular weight is 539 g/mol. The van der Waals surface area contributed by atoms with Gasteiger partial charge in [-0.05, 0) is 61.9 Å². The van der Waals surface area contributed by atoms with Crippen LogP contribution < -0.4 is 18.9 Å². The number of methoxy groups -OCH3 is 3. The third kappa shape index (κ3) is 6.02. The van der Waals surface area contributed by atoms with Crippen molar-refractivity contribution >= 4 is 23.8 Å². The number of cyclic esters (lactones) is 1. The van der Waals surface area contributed by atoms with E-state index < -0.39 is 24.0 Å². The van der Waals surface area contributed by atoms with E-state index in [1.165, 1.54) is 21.3 Å². The zero-order chi connectivity index (χ0) is 28.1. The van der Waals surface area contributed by atoms with Crippen molar-refractivity contribution in [2.45, 2.75) is 63.9 Å². The molecule has 0 aromatic heterocycles. The number of aromatic hydroxyl groups is 1. The lowest BCUT2D eigenvalue weighted by Crippen LogP contribution is -2.23. The largest absolute Gasteiger partial charge is 0.507 e. The molecule has 2 atom stereocenters.